The third-order valence-electron chi connectivity index (χ3n) is 4.10. The fraction of sp³-hybridized carbons (Fsp3) is 0.600. The summed E-state index contributed by atoms with van der Waals surface area (Å²) in [6.07, 6.45) is 17.1. The zero-order valence-corrected chi connectivity index (χ0v) is 16.0. The maximum Gasteiger partial charge on any atom is 0.194 e. The molecule has 0 aliphatic heterocycles. The molecule has 0 aromatic heterocycles. The molecule has 0 aliphatic carbocycles. The molecule has 2 heteroatoms. The molecule has 0 N–H and O–H groups in total. The summed E-state index contributed by atoms with van der Waals surface area (Å²) in [6, 6.07) is 0. The van der Waals surface area contributed by atoms with Gasteiger partial charge in [-0.15, -0.1) is 13.0 Å². The molecule has 0 aromatic carbocycles. The van der Waals surface area contributed by atoms with Crippen molar-refractivity contribution in [2.24, 2.45) is 0 Å². The van der Waals surface area contributed by atoms with Gasteiger partial charge >= 0.3 is 0 Å². The standard InChI is InChI=1S/C20H32OSi/c1-8-10-12-13-14-15-16-18-19(17-11-9-2)21-22(6,7)20(3,4)5/h2,8,16,18-19H,1,10,12-15H2,3-7H3/b18-16-/t19-/m0/s1. The minimum absolute atomic E-state index is 0.168. The van der Waals surface area contributed by atoms with Crippen LogP contribution in [0.25, 0.3) is 0 Å². The summed E-state index contributed by atoms with van der Waals surface area (Å²) < 4.78 is 6.32. The van der Waals surface area contributed by atoms with E-state index >= 15 is 0 Å². The van der Waals surface area contributed by atoms with Gasteiger partial charge in [-0.25, -0.2) is 0 Å². The zero-order chi connectivity index (χ0) is 17.1. The second-order valence-corrected chi connectivity index (χ2v) is 11.8. The number of terminal acetylenes is 1. The molecule has 0 aliphatic rings. The normalized spacial score (nSPS) is 13.3. The highest BCUT2D eigenvalue weighted by Gasteiger charge is 2.38. The van der Waals surface area contributed by atoms with Gasteiger partial charge in [0, 0.05) is 0 Å². The van der Waals surface area contributed by atoms with Crippen LogP contribution in [0.1, 0.15) is 52.9 Å². The Kier molecular flexibility index (Phi) is 9.91. The van der Waals surface area contributed by atoms with E-state index in [-0.39, 0.29) is 11.1 Å². The highest BCUT2D eigenvalue weighted by molar-refractivity contribution is 6.74. The molecule has 0 fully saturated rings. The number of hydrogen-bond acceptors (Lipinski definition) is 1. The van der Waals surface area contributed by atoms with Gasteiger partial charge in [-0.2, -0.15) is 0 Å². The van der Waals surface area contributed by atoms with Crippen LogP contribution in [0.3, 0.4) is 0 Å². The van der Waals surface area contributed by atoms with Crippen LogP contribution in [0.5, 0.6) is 0 Å². The predicted octanol–water partition coefficient (Wildman–Crippen LogP) is 5.71. The summed E-state index contributed by atoms with van der Waals surface area (Å²) in [5.74, 6) is 8.12. The van der Waals surface area contributed by atoms with Gasteiger partial charge in [0.1, 0.15) is 6.10 Å². The Morgan fingerprint density at radius 3 is 2.36 bits per heavy atom. The molecule has 0 unspecified atom stereocenters. The average molecular weight is 317 g/mol. The van der Waals surface area contributed by atoms with Crippen molar-refractivity contribution in [1.29, 1.82) is 0 Å². The molecule has 0 radical (unpaired) electrons. The van der Waals surface area contributed by atoms with Crippen molar-refractivity contribution < 1.29 is 4.43 Å². The maximum atomic E-state index is 6.32. The Balaban J connectivity index is 4.54. The molecule has 0 rings (SSSR count). The second kappa shape index (κ2) is 10.5. The SMILES string of the molecule is C#CC#C[C@@H](/C=C\CCCCCC=C)O[Si](C)(C)C(C)(C)C. The Morgan fingerprint density at radius 1 is 1.18 bits per heavy atom. The van der Waals surface area contributed by atoms with Crippen molar-refractivity contribution in [3.05, 3.63) is 24.8 Å². The van der Waals surface area contributed by atoms with Crippen LogP contribution in [0.15, 0.2) is 24.8 Å². The predicted molar refractivity (Wildman–Crippen MR) is 101 cm³/mol. The minimum atomic E-state index is -1.84. The lowest BCUT2D eigenvalue weighted by atomic mass is 10.1. The molecule has 122 valence electrons. The minimum Gasteiger partial charge on any atom is -0.400 e. The van der Waals surface area contributed by atoms with E-state index in [1.807, 2.05) is 6.08 Å². The van der Waals surface area contributed by atoms with Crippen molar-refractivity contribution in [1.82, 2.24) is 0 Å². The first-order chi connectivity index (χ1) is 10.2. The maximum absolute atomic E-state index is 6.32. The van der Waals surface area contributed by atoms with E-state index in [1.54, 1.807) is 0 Å². The van der Waals surface area contributed by atoms with Gasteiger partial charge in [-0.3, -0.25) is 0 Å². The topological polar surface area (TPSA) is 9.23 Å². The highest BCUT2D eigenvalue weighted by Crippen LogP contribution is 2.37. The van der Waals surface area contributed by atoms with E-state index in [4.69, 9.17) is 10.8 Å². The Hall–Kier alpha value is -1.22. The molecule has 22 heavy (non-hydrogen) atoms. The van der Waals surface area contributed by atoms with E-state index < -0.39 is 8.32 Å². The molecule has 1 atom stereocenters. The summed E-state index contributed by atoms with van der Waals surface area (Å²) >= 11 is 0. The lowest BCUT2D eigenvalue weighted by molar-refractivity contribution is 0.275. The quantitative estimate of drug-likeness (QED) is 0.229. The van der Waals surface area contributed by atoms with E-state index in [1.165, 1.54) is 19.3 Å². The van der Waals surface area contributed by atoms with Gasteiger partial charge in [-0.1, -0.05) is 45.3 Å². The van der Waals surface area contributed by atoms with Crippen LogP contribution in [-0.4, -0.2) is 14.4 Å². The first-order valence-electron chi connectivity index (χ1n) is 8.16. The Labute approximate surface area is 139 Å². The zero-order valence-electron chi connectivity index (χ0n) is 15.0. The van der Waals surface area contributed by atoms with E-state index in [0.717, 1.165) is 12.8 Å². The first-order valence-corrected chi connectivity index (χ1v) is 11.1. The third-order valence-corrected chi connectivity index (χ3v) is 8.56. The van der Waals surface area contributed by atoms with Crippen LogP contribution < -0.4 is 0 Å². The summed E-state index contributed by atoms with van der Waals surface area (Å²) in [6.45, 7) is 14.9. The van der Waals surface area contributed by atoms with Crippen LogP contribution in [0.2, 0.25) is 18.1 Å². The molecule has 0 aromatic rings. The lowest BCUT2D eigenvalue weighted by Gasteiger charge is -2.37. The molecular formula is C20H32OSi. The van der Waals surface area contributed by atoms with Gasteiger partial charge in [0.05, 0.1) is 0 Å². The largest absolute Gasteiger partial charge is 0.400 e. The summed E-state index contributed by atoms with van der Waals surface area (Å²) in [4.78, 5) is 0. The smallest absolute Gasteiger partial charge is 0.194 e. The average Bonchev–Trinajstić information content (AvgIpc) is 2.42. The summed E-state index contributed by atoms with van der Waals surface area (Å²) in [5, 5.41) is 0.168. The van der Waals surface area contributed by atoms with Gasteiger partial charge in [0.2, 0.25) is 0 Å². The third kappa shape index (κ3) is 8.93. The van der Waals surface area contributed by atoms with E-state index in [0.29, 0.717) is 0 Å². The number of rotatable bonds is 9. The summed E-state index contributed by atoms with van der Waals surface area (Å²) in [7, 11) is -1.84. The van der Waals surface area contributed by atoms with E-state index in [2.05, 4.69) is 70.4 Å². The van der Waals surface area contributed by atoms with Crippen LogP contribution in [0.4, 0.5) is 0 Å². The lowest BCUT2D eigenvalue weighted by Crippen LogP contribution is -2.43. The second-order valence-electron chi connectivity index (χ2n) is 7.07. The molecule has 0 saturated heterocycles. The summed E-state index contributed by atoms with van der Waals surface area (Å²) in [5.41, 5.74) is 0. The van der Waals surface area contributed by atoms with Gasteiger partial charge in [0.25, 0.3) is 0 Å². The van der Waals surface area contributed by atoms with Crippen LogP contribution in [0, 0.1) is 24.2 Å². The molecule has 0 spiro atoms. The molecule has 0 heterocycles. The number of hydrogen-bond donors (Lipinski definition) is 0. The van der Waals surface area contributed by atoms with Gasteiger partial charge < -0.3 is 4.43 Å². The fourth-order valence-electron chi connectivity index (χ4n) is 1.67. The monoisotopic (exact) mass is 316 g/mol. The van der Waals surface area contributed by atoms with Gasteiger partial charge in [-0.05, 0) is 61.7 Å². The number of allylic oxidation sites excluding steroid dienone is 2. The van der Waals surface area contributed by atoms with Crippen molar-refractivity contribution in [3.8, 4) is 24.2 Å². The van der Waals surface area contributed by atoms with Crippen molar-refractivity contribution in [2.45, 2.75) is 77.1 Å². The van der Waals surface area contributed by atoms with Crippen molar-refractivity contribution >= 4 is 8.32 Å². The number of unbranched alkanes of at least 4 members (excludes halogenated alkanes) is 4. The molecule has 0 bridgehead atoms. The van der Waals surface area contributed by atoms with E-state index in [9.17, 15) is 0 Å². The fourth-order valence-corrected chi connectivity index (χ4v) is 2.80. The first kappa shape index (κ1) is 20.8. The molecule has 0 amide bonds. The van der Waals surface area contributed by atoms with Crippen molar-refractivity contribution in [3.63, 3.8) is 0 Å². The molecule has 0 saturated carbocycles. The highest BCUT2D eigenvalue weighted by atomic mass is 28.4. The Morgan fingerprint density at radius 2 is 1.82 bits per heavy atom. The molecule has 1 nitrogen and oxygen atoms in total. The van der Waals surface area contributed by atoms with Crippen molar-refractivity contribution in [2.75, 3.05) is 0 Å². The van der Waals surface area contributed by atoms with Gasteiger partial charge in [0.15, 0.2) is 8.32 Å². The Bertz CT molecular complexity index is 449. The van der Waals surface area contributed by atoms with Crippen LogP contribution in [-0.2, 0) is 4.43 Å². The molecular weight excluding hydrogens is 284 g/mol. The van der Waals surface area contributed by atoms with Crippen LogP contribution >= 0.6 is 0 Å².